The monoisotopic (exact) mass is 329 g/mol. The van der Waals surface area contributed by atoms with Gasteiger partial charge in [-0.15, -0.1) is 0 Å². The average molecular weight is 329 g/mol. The molecule has 2 N–H and O–H groups in total. The summed E-state index contributed by atoms with van der Waals surface area (Å²) in [6.07, 6.45) is 8.17. The first-order valence-corrected chi connectivity index (χ1v) is 8.82. The SMILES string of the molecule is CSCC[C@@H](CO)Nc1cc(-c2ccncc2)nc2ccnn12. The van der Waals surface area contributed by atoms with Crippen molar-refractivity contribution in [3.8, 4) is 11.3 Å². The van der Waals surface area contributed by atoms with Gasteiger partial charge in [0.1, 0.15) is 5.82 Å². The van der Waals surface area contributed by atoms with Crippen LogP contribution in [0.3, 0.4) is 0 Å². The molecule has 0 aromatic carbocycles. The van der Waals surface area contributed by atoms with Gasteiger partial charge >= 0.3 is 0 Å². The molecule has 3 aromatic rings. The lowest BCUT2D eigenvalue weighted by molar-refractivity contribution is 0.272. The van der Waals surface area contributed by atoms with E-state index in [1.807, 2.05) is 24.3 Å². The minimum Gasteiger partial charge on any atom is -0.394 e. The Morgan fingerprint density at radius 3 is 2.83 bits per heavy atom. The Morgan fingerprint density at radius 1 is 1.26 bits per heavy atom. The summed E-state index contributed by atoms with van der Waals surface area (Å²) in [4.78, 5) is 8.67. The number of nitrogens with zero attached hydrogens (tertiary/aromatic N) is 4. The van der Waals surface area contributed by atoms with Gasteiger partial charge in [0.15, 0.2) is 5.65 Å². The second kappa shape index (κ2) is 7.43. The van der Waals surface area contributed by atoms with E-state index in [1.165, 1.54) is 0 Å². The zero-order chi connectivity index (χ0) is 16.1. The first-order chi connectivity index (χ1) is 11.3. The van der Waals surface area contributed by atoms with Gasteiger partial charge in [-0.05, 0) is 30.6 Å². The molecule has 0 aliphatic heterocycles. The Morgan fingerprint density at radius 2 is 2.09 bits per heavy atom. The number of aliphatic hydroxyl groups is 1. The van der Waals surface area contributed by atoms with Crippen LogP contribution in [0.2, 0.25) is 0 Å². The van der Waals surface area contributed by atoms with E-state index in [1.54, 1.807) is 34.9 Å². The number of rotatable bonds is 7. The lowest BCUT2D eigenvalue weighted by atomic mass is 10.2. The number of hydrogen-bond acceptors (Lipinski definition) is 6. The maximum absolute atomic E-state index is 9.60. The van der Waals surface area contributed by atoms with Crippen LogP contribution in [-0.2, 0) is 0 Å². The first kappa shape index (κ1) is 15.8. The van der Waals surface area contributed by atoms with Gasteiger partial charge in [0.2, 0.25) is 0 Å². The van der Waals surface area contributed by atoms with Crippen LogP contribution in [0.15, 0.2) is 42.9 Å². The topological polar surface area (TPSA) is 75.3 Å². The summed E-state index contributed by atoms with van der Waals surface area (Å²) < 4.78 is 1.76. The number of aliphatic hydroxyl groups excluding tert-OH is 1. The minimum absolute atomic E-state index is 0.0115. The van der Waals surface area contributed by atoms with Crippen molar-refractivity contribution in [2.75, 3.05) is 23.9 Å². The van der Waals surface area contributed by atoms with Crippen molar-refractivity contribution < 1.29 is 5.11 Å². The van der Waals surface area contributed by atoms with E-state index >= 15 is 0 Å². The van der Waals surface area contributed by atoms with E-state index in [2.05, 4.69) is 26.6 Å². The molecule has 1 atom stereocenters. The highest BCUT2D eigenvalue weighted by Crippen LogP contribution is 2.22. The van der Waals surface area contributed by atoms with Gasteiger partial charge in [-0.25, -0.2) is 4.98 Å². The number of nitrogens with one attached hydrogen (secondary N) is 1. The fourth-order valence-corrected chi connectivity index (χ4v) is 2.88. The molecule has 23 heavy (non-hydrogen) atoms. The van der Waals surface area contributed by atoms with Crippen molar-refractivity contribution in [3.05, 3.63) is 42.9 Å². The van der Waals surface area contributed by atoms with Crippen LogP contribution in [0, 0.1) is 0 Å². The average Bonchev–Trinajstić information content (AvgIpc) is 3.08. The lowest BCUT2D eigenvalue weighted by Gasteiger charge is -2.18. The van der Waals surface area contributed by atoms with Crippen molar-refractivity contribution in [1.29, 1.82) is 0 Å². The summed E-state index contributed by atoms with van der Waals surface area (Å²) in [7, 11) is 0. The maximum atomic E-state index is 9.60. The molecule has 0 radical (unpaired) electrons. The van der Waals surface area contributed by atoms with E-state index in [9.17, 15) is 5.11 Å². The summed E-state index contributed by atoms with van der Waals surface area (Å²) in [5, 5.41) is 17.3. The van der Waals surface area contributed by atoms with Gasteiger partial charge in [-0.3, -0.25) is 4.98 Å². The molecule has 0 unspecified atom stereocenters. The van der Waals surface area contributed by atoms with E-state index in [0.29, 0.717) is 0 Å². The summed E-state index contributed by atoms with van der Waals surface area (Å²) in [6, 6.07) is 7.66. The Bertz CT molecular complexity index is 762. The third-order valence-corrected chi connectivity index (χ3v) is 4.22. The van der Waals surface area contributed by atoms with E-state index in [-0.39, 0.29) is 12.6 Å². The lowest BCUT2D eigenvalue weighted by Crippen LogP contribution is -2.26. The summed E-state index contributed by atoms with van der Waals surface area (Å²) >= 11 is 1.77. The van der Waals surface area contributed by atoms with Crippen LogP contribution in [-0.4, -0.2) is 49.3 Å². The normalized spacial score (nSPS) is 12.4. The summed E-state index contributed by atoms with van der Waals surface area (Å²) in [5.74, 6) is 1.81. The molecular weight excluding hydrogens is 310 g/mol. The minimum atomic E-state index is -0.0115. The second-order valence-corrected chi connectivity index (χ2v) is 6.15. The van der Waals surface area contributed by atoms with E-state index in [0.717, 1.165) is 34.9 Å². The van der Waals surface area contributed by atoms with Crippen LogP contribution in [0.4, 0.5) is 5.82 Å². The number of hydrogen-bond donors (Lipinski definition) is 2. The Kier molecular flexibility index (Phi) is 5.09. The zero-order valence-corrected chi connectivity index (χ0v) is 13.7. The predicted molar refractivity (Wildman–Crippen MR) is 93.7 cm³/mol. The van der Waals surface area contributed by atoms with Gasteiger partial charge in [0.05, 0.1) is 24.5 Å². The molecule has 0 spiro atoms. The zero-order valence-electron chi connectivity index (χ0n) is 12.9. The highest BCUT2D eigenvalue weighted by atomic mass is 32.2. The molecule has 0 fully saturated rings. The first-order valence-electron chi connectivity index (χ1n) is 7.43. The standard InChI is InChI=1S/C16H19N5OS/c1-23-9-5-13(11-22)19-16-10-14(12-2-6-17-7-3-12)20-15-4-8-18-21(15)16/h2-4,6-8,10,13,19,22H,5,9,11H2,1H3/t13-/m0/s1. The van der Waals surface area contributed by atoms with E-state index in [4.69, 9.17) is 0 Å². The van der Waals surface area contributed by atoms with Gasteiger partial charge < -0.3 is 10.4 Å². The maximum Gasteiger partial charge on any atom is 0.157 e. The number of aromatic nitrogens is 4. The third kappa shape index (κ3) is 3.62. The van der Waals surface area contributed by atoms with Crippen LogP contribution in [0.1, 0.15) is 6.42 Å². The number of anilines is 1. The molecule has 3 heterocycles. The van der Waals surface area contributed by atoms with Crippen molar-refractivity contribution in [2.24, 2.45) is 0 Å². The van der Waals surface area contributed by atoms with Crippen LogP contribution in [0.25, 0.3) is 16.9 Å². The predicted octanol–water partition coefficient (Wildman–Crippen LogP) is 2.32. The molecule has 3 aromatic heterocycles. The molecule has 0 bridgehead atoms. The molecule has 0 aliphatic rings. The number of pyridine rings is 1. The van der Waals surface area contributed by atoms with Gasteiger partial charge in [0.25, 0.3) is 0 Å². The summed E-state index contributed by atoms with van der Waals surface area (Å²) in [5.41, 5.74) is 2.62. The Balaban J connectivity index is 1.96. The van der Waals surface area contributed by atoms with Crippen molar-refractivity contribution in [3.63, 3.8) is 0 Å². The van der Waals surface area contributed by atoms with Crippen molar-refractivity contribution >= 4 is 23.2 Å². The molecule has 0 amide bonds. The van der Waals surface area contributed by atoms with Crippen LogP contribution in [0.5, 0.6) is 0 Å². The van der Waals surface area contributed by atoms with E-state index < -0.39 is 0 Å². The fourth-order valence-electron chi connectivity index (χ4n) is 2.36. The number of thioether (sulfide) groups is 1. The highest BCUT2D eigenvalue weighted by molar-refractivity contribution is 7.98. The molecule has 3 rings (SSSR count). The number of fused-ring (bicyclic) bond motifs is 1. The summed E-state index contributed by atoms with van der Waals surface area (Å²) in [6.45, 7) is 0.0796. The fraction of sp³-hybridized carbons (Fsp3) is 0.312. The molecule has 0 aliphatic carbocycles. The van der Waals surface area contributed by atoms with Gasteiger partial charge in [-0.1, -0.05) is 0 Å². The highest BCUT2D eigenvalue weighted by Gasteiger charge is 2.12. The van der Waals surface area contributed by atoms with Crippen LogP contribution >= 0.6 is 11.8 Å². The third-order valence-electron chi connectivity index (χ3n) is 3.58. The molecule has 7 heteroatoms. The van der Waals surface area contributed by atoms with Crippen molar-refractivity contribution in [1.82, 2.24) is 19.6 Å². The van der Waals surface area contributed by atoms with Crippen LogP contribution < -0.4 is 5.32 Å². The van der Waals surface area contributed by atoms with Gasteiger partial charge in [-0.2, -0.15) is 21.4 Å². The smallest absolute Gasteiger partial charge is 0.157 e. The largest absolute Gasteiger partial charge is 0.394 e. The molecule has 0 saturated carbocycles. The van der Waals surface area contributed by atoms with Crippen molar-refractivity contribution in [2.45, 2.75) is 12.5 Å². The molecular formula is C16H19N5OS. The Hall–Kier alpha value is -2.12. The molecule has 6 nitrogen and oxygen atoms in total. The molecule has 0 saturated heterocycles. The molecule has 120 valence electrons. The second-order valence-electron chi connectivity index (χ2n) is 5.17. The quantitative estimate of drug-likeness (QED) is 0.693. The van der Waals surface area contributed by atoms with Gasteiger partial charge in [0, 0.05) is 30.1 Å². The Labute approximate surface area is 139 Å².